The Labute approximate surface area is 113 Å². The molecule has 0 bridgehead atoms. The number of nitrogens with one attached hydrogen (secondary N) is 1. The third-order valence-electron chi connectivity index (χ3n) is 3.42. The number of rotatable bonds is 5. The number of hydrogen-bond donors (Lipinski definition) is 1. The molecule has 0 spiro atoms. The van der Waals surface area contributed by atoms with E-state index in [1.54, 1.807) is 10.8 Å². The lowest BCUT2D eigenvalue weighted by atomic mass is 9.85. The summed E-state index contributed by atoms with van der Waals surface area (Å²) in [4.78, 5) is 2.20. The van der Waals surface area contributed by atoms with Crippen molar-refractivity contribution in [2.45, 2.75) is 26.8 Å². The molecule has 1 atom stereocenters. The molecule has 2 aromatic rings. The van der Waals surface area contributed by atoms with Crippen molar-refractivity contribution in [3.05, 3.63) is 18.5 Å². The molecule has 2 heterocycles. The average Bonchev–Trinajstić information content (AvgIpc) is 2.74. The maximum absolute atomic E-state index is 4.43. The Morgan fingerprint density at radius 3 is 2.79 bits per heavy atom. The Kier molecular flexibility index (Phi) is 3.71. The summed E-state index contributed by atoms with van der Waals surface area (Å²) >= 11 is 0. The predicted molar refractivity (Wildman–Crippen MR) is 76.2 cm³/mol. The van der Waals surface area contributed by atoms with Crippen LogP contribution < -0.4 is 5.32 Å². The second-order valence-electron chi connectivity index (χ2n) is 5.94. The molecule has 0 aromatic carbocycles. The Balaban J connectivity index is 2.11. The summed E-state index contributed by atoms with van der Waals surface area (Å²) in [6.07, 6.45) is 1.61. The van der Waals surface area contributed by atoms with E-state index in [1.807, 2.05) is 12.1 Å². The molecule has 0 aliphatic heterocycles. The standard InChI is InChI=1S/C13H22N6/c1-10(13(2,3)8-18(4)5)15-11-6-7-12-16-14-9-19(12)17-11/h6-7,9-10H,8H2,1-5H3,(H,15,17). The van der Waals surface area contributed by atoms with Crippen molar-refractivity contribution in [2.75, 3.05) is 26.0 Å². The Morgan fingerprint density at radius 2 is 2.11 bits per heavy atom. The topological polar surface area (TPSA) is 58.4 Å². The number of anilines is 1. The molecular formula is C13H22N6. The quantitative estimate of drug-likeness (QED) is 0.885. The lowest BCUT2D eigenvalue weighted by Gasteiger charge is -2.35. The van der Waals surface area contributed by atoms with Crippen molar-refractivity contribution in [3.8, 4) is 0 Å². The first-order valence-electron chi connectivity index (χ1n) is 6.47. The normalized spacial score (nSPS) is 14.0. The Morgan fingerprint density at radius 1 is 1.37 bits per heavy atom. The van der Waals surface area contributed by atoms with E-state index in [1.165, 1.54) is 0 Å². The third-order valence-corrected chi connectivity index (χ3v) is 3.42. The highest BCUT2D eigenvalue weighted by Gasteiger charge is 2.26. The minimum atomic E-state index is 0.146. The summed E-state index contributed by atoms with van der Waals surface area (Å²) in [6.45, 7) is 7.70. The van der Waals surface area contributed by atoms with Crippen LogP contribution in [-0.4, -0.2) is 51.4 Å². The van der Waals surface area contributed by atoms with Gasteiger partial charge in [0, 0.05) is 12.6 Å². The van der Waals surface area contributed by atoms with Crippen molar-refractivity contribution in [2.24, 2.45) is 5.41 Å². The fourth-order valence-electron chi connectivity index (χ4n) is 2.17. The third kappa shape index (κ3) is 3.20. The van der Waals surface area contributed by atoms with Gasteiger partial charge in [-0.3, -0.25) is 0 Å². The molecule has 1 unspecified atom stereocenters. The SMILES string of the molecule is CC(Nc1ccc2nncn2n1)C(C)(C)CN(C)C. The van der Waals surface area contributed by atoms with Gasteiger partial charge in [-0.15, -0.1) is 15.3 Å². The molecule has 0 radical (unpaired) electrons. The van der Waals surface area contributed by atoms with Gasteiger partial charge in [0.1, 0.15) is 12.1 Å². The van der Waals surface area contributed by atoms with Gasteiger partial charge in [-0.05, 0) is 38.6 Å². The van der Waals surface area contributed by atoms with Gasteiger partial charge in [-0.1, -0.05) is 13.8 Å². The van der Waals surface area contributed by atoms with Gasteiger partial charge in [-0.25, -0.2) is 0 Å². The monoisotopic (exact) mass is 262 g/mol. The van der Waals surface area contributed by atoms with Crippen molar-refractivity contribution in [3.63, 3.8) is 0 Å². The van der Waals surface area contributed by atoms with Crippen molar-refractivity contribution >= 4 is 11.5 Å². The van der Waals surface area contributed by atoms with Crippen LogP contribution in [0.5, 0.6) is 0 Å². The van der Waals surface area contributed by atoms with E-state index >= 15 is 0 Å². The van der Waals surface area contributed by atoms with E-state index in [9.17, 15) is 0 Å². The van der Waals surface area contributed by atoms with Gasteiger partial charge >= 0.3 is 0 Å². The van der Waals surface area contributed by atoms with Crippen LogP contribution >= 0.6 is 0 Å². The minimum absolute atomic E-state index is 0.146. The Hall–Kier alpha value is -1.69. The van der Waals surface area contributed by atoms with Crippen molar-refractivity contribution in [1.29, 1.82) is 0 Å². The number of hydrogen-bond acceptors (Lipinski definition) is 5. The van der Waals surface area contributed by atoms with Crippen LogP contribution in [0.15, 0.2) is 18.5 Å². The summed E-state index contributed by atoms with van der Waals surface area (Å²) in [7, 11) is 4.19. The molecule has 0 aliphatic rings. The highest BCUT2D eigenvalue weighted by molar-refractivity contribution is 5.43. The van der Waals surface area contributed by atoms with E-state index in [-0.39, 0.29) is 5.41 Å². The molecule has 104 valence electrons. The van der Waals surface area contributed by atoms with Gasteiger partial charge in [0.25, 0.3) is 0 Å². The molecule has 0 aliphatic carbocycles. The van der Waals surface area contributed by atoms with Gasteiger partial charge in [-0.2, -0.15) is 4.52 Å². The van der Waals surface area contributed by atoms with Crippen LogP contribution in [0, 0.1) is 5.41 Å². The zero-order chi connectivity index (χ0) is 14.0. The van der Waals surface area contributed by atoms with Crippen LogP contribution in [0.2, 0.25) is 0 Å². The first kappa shape index (κ1) is 13.7. The van der Waals surface area contributed by atoms with E-state index in [2.05, 4.69) is 60.4 Å². The smallest absolute Gasteiger partial charge is 0.177 e. The average molecular weight is 262 g/mol. The van der Waals surface area contributed by atoms with Crippen LogP contribution in [0.4, 0.5) is 5.82 Å². The summed E-state index contributed by atoms with van der Waals surface area (Å²) in [5.41, 5.74) is 0.901. The molecule has 0 amide bonds. The van der Waals surface area contributed by atoms with Crippen LogP contribution in [0.3, 0.4) is 0 Å². The minimum Gasteiger partial charge on any atom is -0.366 e. The Bertz CT molecular complexity index is 545. The first-order valence-corrected chi connectivity index (χ1v) is 6.47. The second-order valence-corrected chi connectivity index (χ2v) is 5.94. The fourth-order valence-corrected chi connectivity index (χ4v) is 2.17. The first-order chi connectivity index (χ1) is 8.88. The molecule has 2 rings (SSSR count). The second kappa shape index (κ2) is 5.13. The zero-order valence-electron chi connectivity index (χ0n) is 12.3. The van der Waals surface area contributed by atoms with E-state index in [4.69, 9.17) is 0 Å². The van der Waals surface area contributed by atoms with Crippen molar-refractivity contribution in [1.82, 2.24) is 24.7 Å². The van der Waals surface area contributed by atoms with Crippen LogP contribution in [-0.2, 0) is 0 Å². The lowest BCUT2D eigenvalue weighted by molar-refractivity contribution is 0.217. The molecule has 1 N–H and O–H groups in total. The molecule has 6 heteroatoms. The van der Waals surface area contributed by atoms with Gasteiger partial charge in [0.2, 0.25) is 0 Å². The van der Waals surface area contributed by atoms with Gasteiger partial charge in [0.15, 0.2) is 5.65 Å². The highest BCUT2D eigenvalue weighted by Crippen LogP contribution is 2.23. The molecule has 2 aromatic heterocycles. The molecule has 0 saturated carbocycles. The maximum atomic E-state index is 4.43. The summed E-state index contributed by atoms with van der Waals surface area (Å²) in [5, 5.41) is 15.7. The molecule has 0 fully saturated rings. The lowest BCUT2D eigenvalue weighted by Crippen LogP contribution is -2.41. The van der Waals surface area contributed by atoms with Crippen LogP contribution in [0.1, 0.15) is 20.8 Å². The summed E-state index contributed by atoms with van der Waals surface area (Å²) in [6, 6.07) is 4.15. The number of fused-ring (bicyclic) bond motifs is 1. The van der Waals surface area contributed by atoms with E-state index in [0.29, 0.717) is 6.04 Å². The van der Waals surface area contributed by atoms with E-state index in [0.717, 1.165) is 18.0 Å². The number of aromatic nitrogens is 4. The fraction of sp³-hybridized carbons (Fsp3) is 0.615. The zero-order valence-corrected chi connectivity index (χ0v) is 12.3. The molecule has 0 saturated heterocycles. The summed E-state index contributed by atoms with van der Waals surface area (Å²) < 4.78 is 1.67. The number of nitrogens with zero attached hydrogens (tertiary/aromatic N) is 5. The molecule has 6 nitrogen and oxygen atoms in total. The van der Waals surface area contributed by atoms with Gasteiger partial charge in [0.05, 0.1) is 0 Å². The van der Waals surface area contributed by atoms with Crippen molar-refractivity contribution < 1.29 is 0 Å². The molecular weight excluding hydrogens is 240 g/mol. The van der Waals surface area contributed by atoms with Crippen LogP contribution in [0.25, 0.3) is 5.65 Å². The predicted octanol–water partition coefficient (Wildman–Crippen LogP) is 1.51. The van der Waals surface area contributed by atoms with E-state index < -0.39 is 0 Å². The maximum Gasteiger partial charge on any atom is 0.177 e. The highest BCUT2D eigenvalue weighted by atomic mass is 15.4. The van der Waals surface area contributed by atoms with Gasteiger partial charge < -0.3 is 10.2 Å². The molecule has 19 heavy (non-hydrogen) atoms. The summed E-state index contributed by atoms with van der Waals surface area (Å²) in [5.74, 6) is 0.839. The largest absolute Gasteiger partial charge is 0.366 e.